The standard InChI is InChI=1S/C19H22N4O4/c1-9(2)17-16-15(11(8-20)18(21)27-19(16)23-22-17)10-6-13(25-4)14(26-5)7-12(10)24-3/h6-7,9,15H,21H2,1-5H3,(H,22,23)/t15-/m0/s1. The molecule has 0 unspecified atom stereocenters. The van der Waals surface area contributed by atoms with E-state index in [0.717, 1.165) is 11.3 Å². The lowest BCUT2D eigenvalue weighted by Crippen LogP contribution is -2.22. The number of aromatic amines is 1. The van der Waals surface area contributed by atoms with Crippen LogP contribution in [0.2, 0.25) is 0 Å². The molecule has 3 rings (SSSR count). The lowest BCUT2D eigenvalue weighted by molar-refractivity contribution is 0.346. The van der Waals surface area contributed by atoms with Crippen LogP contribution in [0, 0.1) is 11.3 Å². The summed E-state index contributed by atoms with van der Waals surface area (Å²) in [7, 11) is 4.66. The molecule has 0 saturated heterocycles. The SMILES string of the molecule is COc1cc(OC)c([C@H]2C(C#N)=C(N)Oc3n[nH]c(C(C)C)c32)cc1OC. The summed E-state index contributed by atoms with van der Waals surface area (Å²) in [5, 5.41) is 17.0. The van der Waals surface area contributed by atoms with Gasteiger partial charge in [-0.1, -0.05) is 13.8 Å². The lowest BCUT2D eigenvalue weighted by atomic mass is 9.82. The molecule has 1 aromatic heterocycles. The van der Waals surface area contributed by atoms with Crippen molar-refractivity contribution in [1.29, 1.82) is 5.26 Å². The number of nitriles is 1. The number of hydrogen-bond donors (Lipinski definition) is 2. The van der Waals surface area contributed by atoms with Crippen LogP contribution in [0.5, 0.6) is 23.1 Å². The first kappa shape index (κ1) is 18.5. The topological polar surface area (TPSA) is 115 Å². The van der Waals surface area contributed by atoms with Crippen LogP contribution in [0.4, 0.5) is 0 Å². The number of nitrogens with zero attached hydrogens (tertiary/aromatic N) is 2. The van der Waals surface area contributed by atoms with Gasteiger partial charge in [-0.3, -0.25) is 5.10 Å². The number of nitrogens with one attached hydrogen (secondary N) is 1. The van der Waals surface area contributed by atoms with Crippen molar-refractivity contribution < 1.29 is 18.9 Å². The third-order valence-corrected chi connectivity index (χ3v) is 4.59. The van der Waals surface area contributed by atoms with Crippen molar-refractivity contribution in [2.75, 3.05) is 21.3 Å². The van der Waals surface area contributed by atoms with Crippen molar-refractivity contribution in [3.8, 4) is 29.2 Å². The van der Waals surface area contributed by atoms with Gasteiger partial charge in [0.2, 0.25) is 11.8 Å². The van der Waals surface area contributed by atoms with E-state index in [0.29, 0.717) is 28.7 Å². The summed E-state index contributed by atoms with van der Waals surface area (Å²) in [4.78, 5) is 0. The molecule has 0 radical (unpaired) electrons. The van der Waals surface area contributed by atoms with E-state index in [4.69, 9.17) is 24.7 Å². The van der Waals surface area contributed by atoms with E-state index < -0.39 is 5.92 Å². The van der Waals surface area contributed by atoms with Crippen molar-refractivity contribution >= 4 is 0 Å². The minimum absolute atomic E-state index is 0.0219. The molecule has 1 aromatic carbocycles. The Morgan fingerprint density at radius 2 is 1.78 bits per heavy atom. The summed E-state index contributed by atoms with van der Waals surface area (Å²) in [6.07, 6.45) is 0. The van der Waals surface area contributed by atoms with Crippen LogP contribution >= 0.6 is 0 Å². The second kappa shape index (κ2) is 7.11. The number of allylic oxidation sites excluding steroid dienone is 1. The monoisotopic (exact) mass is 370 g/mol. The molecule has 0 spiro atoms. The van der Waals surface area contributed by atoms with Gasteiger partial charge in [0, 0.05) is 17.3 Å². The highest BCUT2D eigenvalue weighted by Crippen LogP contribution is 2.49. The smallest absolute Gasteiger partial charge is 0.244 e. The highest BCUT2D eigenvalue weighted by molar-refractivity contribution is 5.62. The third kappa shape index (κ3) is 2.91. The molecule has 0 bridgehead atoms. The van der Waals surface area contributed by atoms with Gasteiger partial charge in [-0.2, -0.15) is 5.26 Å². The molecule has 8 nitrogen and oxygen atoms in total. The molecular formula is C19H22N4O4. The van der Waals surface area contributed by atoms with Crippen LogP contribution in [0.15, 0.2) is 23.6 Å². The first-order valence-electron chi connectivity index (χ1n) is 8.42. The third-order valence-electron chi connectivity index (χ3n) is 4.59. The quantitative estimate of drug-likeness (QED) is 0.831. The number of nitrogens with two attached hydrogens (primary N) is 1. The van der Waals surface area contributed by atoms with E-state index >= 15 is 0 Å². The number of fused-ring (bicyclic) bond motifs is 1. The first-order valence-corrected chi connectivity index (χ1v) is 8.42. The van der Waals surface area contributed by atoms with Gasteiger partial charge >= 0.3 is 0 Å². The molecule has 0 amide bonds. The Morgan fingerprint density at radius 1 is 1.15 bits per heavy atom. The van der Waals surface area contributed by atoms with Crippen LogP contribution in [-0.2, 0) is 0 Å². The Bertz CT molecular complexity index is 940. The van der Waals surface area contributed by atoms with E-state index in [-0.39, 0.29) is 17.4 Å². The highest BCUT2D eigenvalue weighted by Gasteiger charge is 2.37. The maximum atomic E-state index is 9.78. The van der Waals surface area contributed by atoms with E-state index in [1.807, 2.05) is 13.8 Å². The summed E-state index contributed by atoms with van der Waals surface area (Å²) in [5.74, 6) is 1.60. The van der Waals surface area contributed by atoms with Crippen LogP contribution in [0.25, 0.3) is 0 Å². The fraction of sp³-hybridized carbons (Fsp3) is 0.368. The number of rotatable bonds is 5. The average Bonchev–Trinajstić information content (AvgIpc) is 3.09. The Balaban J connectivity index is 2.33. The lowest BCUT2D eigenvalue weighted by Gasteiger charge is -2.26. The molecule has 0 aliphatic carbocycles. The fourth-order valence-electron chi connectivity index (χ4n) is 3.30. The molecule has 1 aliphatic rings. The highest BCUT2D eigenvalue weighted by atomic mass is 16.5. The number of aromatic nitrogens is 2. The van der Waals surface area contributed by atoms with Crippen LogP contribution in [0.3, 0.4) is 0 Å². The van der Waals surface area contributed by atoms with E-state index in [9.17, 15) is 5.26 Å². The van der Waals surface area contributed by atoms with Crippen LogP contribution < -0.4 is 24.7 Å². The molecule has 1 aliphatic heterocycles. The van der Waals surface area contributed by atoms with E-state index in [1.165, 1.54) is 0 Å². The average molecular weight is 370 g/mol. The van der Waals surface area contributed by atoms with Gasteiger partial charge in [0.15, 0.2) is 11.5 Å². The molecule has 142 valence electrons. The van der Waals surface area contributed by atoms with Crippen LogP contribution in [-0.4, -0.2) is 31.5 Å². The molecular weight excluding hydrogens is 348 g/mol. The normalized spacial score (nSPS) is 15.8. The minimum atomic E-state index is -0.510. The molecule has 8 heteroatoms. The van der Waals surface area contributed by atoms with E-state index in [1.54, 1.807) is 33.5 Å². The van der Waals surface area contributed by atoms with Gasteiger partial charge in [-0.25, -0.2) is 0 Å². The molecule has 0 saturated carbocycles. The molecule has 27 heavy (non-hydrogen) atoms. The minimum Gasteiger partial charge on any atom is -0.496 e. The maximum absolute atomic E-state index is 9.78. The predicted octanol–water partition coefficient (Wildman–Crippen LogP) is 2.78. The van der Waals surface area contributed by atoms with Gasteiger partial charge in [-0.15, -0.1) is 5.10 Å². The van der Waals surface area contributed by atoms with Crippen molar-refractivity contribution in [2.45, 2.75) is 25.7 Å². The summed E-state index contributed by atoms with van der Waals surface area (Å²) in [5.41, 5.74) is 8.65. The number of ether oxygens (including phenoxy) is 4. The Morgan fingerprint density at radius 3 is 2.33 bits per heavy atom. The summed E-state index contributed by atoms with van der Waals surface area (Å²) < 4.78 is 22.0. The molecule has 3 N–H and O–H groups in total. The van der Waals surface area contributed by atoms with Gasteiger partial charge in [0.1, 0.15) is 17.4 Å². The van der Waals surface area contributed by atoms with Crippen molar-refractivity contribution in [3.63, 3.8) is 0 Å². The van der Waals surface area contributed by atoms with Gasteiger partial charge < -0.3 is 24.7 Å². The first-order chi connectivity index (χ1) is 13.0. The van der Waals surface area contributed by atoms with Crippen LogP contribution in [0.1, 0.15) is 42.5 Å². The molecule has 2 heterocycles. The number of hydrogen-bond acceptors (Lipinski definition) is 7. The fourth-order valence-corrected chi connectivity index (χ4v) is 3.30. The maximum Gasteiger partial charge on any atom is 0.244 e. The second-order valence-corrected chi connectivity index (χ2v) is 6.38. The zero-order valence-electron chi connectivity index (χ0n) is 15.9. The number of H-pyrrole nitrogens is 1. The van der Waals surface area contributed by atoms with E-state index in [2.05, 4.69) is 16.3 Å². The Kier molecular flexibility index (Phi) is 4.86. The van der Waals surface area contributed by atoms with Gasteiger partial charge in [0.25, 0.3) is 0 Å². The zero-order valence-corrected chi connectivity index (χ0v) is 15.9. The van der Waals surface area contributed by atoms with Crippen molar-refractivity contribution in [1.82, 2.24) is 10.2 Å². The van der Waals surface area contributed by atoms with Gasteiger partial charge in [0.05, 0.1) is 32.8 Å². The molecule has 0 fully saturated rings. The largest absolute Gasteiger partial charge is 0.496 e. The summed E-state index contributed by atoms with van der Waals surface area (Å²) in [6.45, 7) is 4.06. The Hall–Kier alpha value is -3.34. The zero-order chi connectivity index (χ0) is 19.7. The molecule has 1 atom stereocenters. The summed E-state index contributed by atoms with van der Waals surface area (Å²) in [6, 6.07) is 5.69. The summed E-state index contributed by atoms with van der Waals surface area (Å²) >= 11 is 0. The number of methoxy groups -OCH3 is 3. The molecule has 2 aromatic rings. The van der Waals surface area contributed by atoms with Crippen molar-refractivity contribution in [3.05, 3.63) is 40.4 Å². The second-order valence-electron chi connectivity index (χ2n) is 6.38. The Labute approximate surface area is 157 Å². The number of benzene rings is 1. The van der Waals surface area contributed by atoms with Crippen molar-refractivity contribution in [2.24, 2.45) is 5.73 Å². The van der Waals surface area contributed by atoms with Gasteiger partial charge in [-0.05, 0) is 12.0 Å². The predicted molar refractivity (Wildman–Crippen MR) is 98.1 cm³/mol.